The highest BCUT2D eigenvalue weighted by molar-refractivity contribution is 5.58. The molecule has 19 heavy (non-hydrogen) atoms. The van der Waals surface area contributed by atoms with Crippen molar-refractivity contribution in [3.63, 3.8) is 0 Å². The standard InChI is InChI=1S/C15H16O4/c1-15(2,13-9(16)5-3-6-10(13)17)14-11(18)7-4-8-12(14)19/h3-8,16-19H,1-2H3. The van der Waals surface area contributed by atoms with Crippen molar-refractivity contribution in [2.24, 2.45) is 0 Å². The first-order valence-corrected chi connectivity index (χ1v) is 5.88. The van der Waals surface area contributed by atoms with Gasteiger partial charge < -0.3 is 20.4 Å². The zero-order chi connectivity index (χ0) is 14.2. The Kier molecular flexibility index (Phi) is 3.02. The van der Waals surface area contributed by atoms with Crippen LogP contribution < -0.4 is 0 Å². The molecule has 0 radical (unpaired) electrons. The molecule has 4 heteroatoms. The van der Waals surface area contributed by atoms with Crippen molar-refractivity contribution in [1.29, 1.82) is 0 Å². The third kappa shape index (κ3) is 2.05. The van der Waals surface area contributed by atoms with Gasteiger partial charge in [-0.2, -0.15) is 0 Å². The summed E-state index contributed by atoms with van der Waals surface area (Å²) in [7, 11) is 0. The molecule has 0 bridgehead atoms. The van der Waals surface area contributed by atoms with Crippen LogP contribution in [0.25, 0.3) is 0 Å². The van der Waals surface area contributed by atoms with Gasteiger partial charge in [0, 0.05) is 16.5 Å². The Balaban J connectivity index is 2.73. The lowest BCUT2D eigenvalue weighted by Gasteiger charge is -2.28. The maximum absolute atomic E-state index is 9.95. The molecule has 2 rings (SSSR count). The lowest BCUT2D eigenvalue weighted by Crippen LogP contribution is -2.19. The van der Waals surface area contributed by atoms with Crippen LogP contribution in [-0.2, 0) is 5.41 Å². The fraction of sp³-hybridized carbons (Fsp3) is 0.200. The van der Waals surface area contributed by atoms with Crippen molar-refractivity contribution in [3.05, 3.63) is 47.5 Å². The summed E-state index contributed by atoms with van der Waals surface area (Å²) in [5, 5.41) is 39.8. The van der Waals surface area contributed by atoms with Crippen LogP contribution in [0.1, 0.15) is 25.0 Å². The van der Waals surface area contributed by atoms with E-state index in [2.05, 4.69) is 0 Å². The van der Waals surface area contributed by atoms with E-state index in [0.717, 1.165) is 0 Å². The van der Waals surface area contributed by atoms with E-state index < -0.39 is 5.41 Å². The van der Waals surface area contributed by atoms with E-state index >= 15 is 0 Å². The molecule has 0 saturated heterocycles. The Morgan fingerprint density at radius 3 is 1.16 bits per heavy atom. The highest BCUT2D eigenvalue weighted by Crippen LogP contribution is 2.47. The minimum atomic E-state index is -0.954. The molecule has 4 N–H and O–H groups in total. The van der Waals surface area contributed by atoms with E-state index in [1.54, 1.807) is 13.8 Å². The fourth-order valence-electron chi connectivity index (χ4n) is 2.46. The molecule has 0 aliphatic heterocycles. The second-order valence-electron chi connectivity index (χ2n) is 4.97. The second kappa shape index (κ2) is 4.39. The Labute approximate surface area is 111 Å². The van der Waals surface area contributed by atoms with Crippen molar-refractivity contribution in [3.8, 4) is 23.0 Å². The molecular weight excluding hydrogens is 244 g/mol. The van der Waals surface area contributed by atoms with Crippen molar-refractivity contribution < 1.29 is 20.4 Å². The summed E-state index contributed by atoms with van der Waals surface area (Å²) in [5.74, 6) is -0.361. The summed E-state index contributed by atoms with van der Waals surface area (Å²) in [6.45, 7) is 3.41. The van der Waals surface area contributed by atoms with Crippen LogP contribution in [0.5, 0.6) is 23.0 Å². The third-order valence-corrected chi connectivity index (χ3v) is 3.29. The Hall–Kier alpha value is -2.36. The van der Waals surface area contributed by atoms with Gasteiger partial charge in [0.2, 0.25) is 0 Å². The van der Waals surface area contributed by atoms with Crippen molar-refractivity contribution in [2.45, 2.75) is 19.3 Å². The molecular formula is C15H16O4. The predicted molar refractivity (Wildman–Crippen MR) is 71.7 cm³/mol. The lowest BCUT2D eigenvalue weighted by molar-refractivity contribution is 0.393. The van der Waals surface area contributed by atoms with Crippen molar-refractivity contribution in [2.75, 3.05) is 0 Å². The van der Waals surface area contributed by atoms with Crippen LogP contribution in [0.4, 0.5) is 0 Å². The number of phenolic OH excluding ortho intramolecular Hbond substituents is 4. The molecule has 4 nitrogen and oxygen atoms in total. The average molecular weight is 260 g/mol. The molecule has 2 aromatic rings. The van der Waals surface area contributed by atoms with E-state index in [0.29, 0.717) is 0 Å². The monoisotopic (exact) mass is 260 g/mol. The molecule has 0 amide bonds. The number of benzene rings is 2. The molecule has 0 aromatic heterocycles. The predicted octanol–water partition coefficient (Wildman–Crippen LogP) is 2.83. The van der Waals surface area contributed by atoms with Crippen LogP contribution in [0.3, 0.4) is 0 Å². The minimum Gasteiger partial charge on any atom is -0.507 e. The molecule has 0 aliphatic rings. The first-order valence-electron chi connectivity index (χ1n) is 5.88. The van der Waals surface area contributed by atoms with Gasteiger partial charge in [-0.1, -0.05) is 26.0 Å². The number of hydrogen-bond acceptors (Lipinski definition) is 4. The zero-order valence-corrected chi connectivity index (χ0v) is 10.8. The molecule has 0 saturated carbocycles. The Morgan fingerprint density at radius 1 is 0.632 bits per heavy atom. The largest absolute Gasteiger partial charge is 0.507 e. The van der Waals surface area contributed by atoms with Crippen LogP contribution in [0.2, 0.25) is 0 Å². The molecule has 2 aromatic carbocycles. The topological polar surface area (TPSA) is 80.9 Å². The van der Waals surface area contributed by atoms with Crippen LogP contribution in [0.15, 0.2) is 36.4 Å². The maximum Gasteiger partial charge on any atom is 0.123 e. The normalized spacial score (nSPS) is 11.5. The van der Waals surface area contributed by atoms with Crippen LogP contribution in [0, 0.1) is 0 Å². The van der Waals surface area contributed by atoms with E-state index in [-0.39, 0.29) is 34.1 Å². The van der Waals surface area contributed by atoms with Crippen LogP contribution >= 0.6 is 0 Å². The van der Waals surface area contributed by atoms with E-state index in [1.807, 2.05) is 0 Å². The summed E-state index contributed by atoms with van der Waals surface area (Å²) < 4.78 is 0. The highest BCUT2D eigenvalue weighted by Gasteiger charge is 2.33. The van der Waals surface area contributed by atoms with E-state index in [9.17, 15) is 20.4 Å². The zero-order valence-electron chi connectivity index (χ0n) is 10.8. The molecule has 0 spiro atoms. The number of hydrogen-bond donors (Lipinski definition) is 4. The summed E-state index contributed by atoms with van der Waals surface area (Å²) in [5.41, 5.74) is -0.441. The van der Waals surface area contributed by atoms with E-state index in [1.165, 1.54) is 36.4 Å². The number of aromatic hydroxyl groups is 4. The third-order valence-electron chi connectivity index (χ3n) is 3.29. The van der Waals surface area contributed by atoms with Crippen molar-refractivity contribution >= 4 is 0 Å². The minimum absolute atomic E-state index is 0.0901. The van der Waals surface area contributed by atoms with Gasteiger partial charge in [-0.15, -0.1) is 0 Å². The van der Waals surface area contributed by atoms with Gasteiger partial charge in [0.1, 0.15) is 23.0 Å². The molecule has 0 unspecified atom stereocenters. The van der Waals surface area contributed by atoms with Gasteiger partial charge in [-0.3, -0.25) is 0 Å². The number of rotatable bonds is 2. The number of phenols is 4. The molecule has 0 atom stereocenters. The fourth-order valence-corrected chi connectivity index (χ4v) is 2.46. The van der Waals surface area contributed by atoms with Crippen LogP contribution in [-0.4, -0.2) is 20.4 Å². The SMILES string of the molecule is CC(C)(c1c(O)cccc1O)c1c(O)cccc1O. The van der Waals surface area contributed by atoms with Gasteiger partial charge in [0.05, 0.1) is 0 Å². The van der Waals surface area contributed by atoms with Gasteiger partial charge in [-0.05, 0) is 24.3 Å². The Morgan fingerprint density at radius 2 is 0.895 bits per heavy atom. The van der Waals surface area contributed by atoms with Gasteiger partial charge >= 0.3 is 0 Å². The molecule has 0 fully saturated rings. The van der Waals surface area contributed by atoms with Crippen molar-refractivity contribution in [1.82, 2.24) is 0 Å². The lowest BCUT2D eigenvalue weighted by atomic mass is 9.76. The Bertz CT molecular complexity index is 524. The quantitative estimate of drug-likeness (QED) is 0.669. The van der Waals surface area contributed by atoms with Gasteiger partial charge in [0.25, 0.3) is 0 Å². The molecule has 100 valence electrons. The first kappa shape index (κ1) is 13.1. The first-order chi connectivity index (χ1) is 8.85. The molecule has 0 aliphatic carbocycles. The highest BCUT2D eigenvalue weighted by atomic mass is 16.3. The van der Waals surface area contributed by atoms with Gasteiger partial charge in [-0.25, -0.2) is 0 Å². The van der Waals surface area contributed by atoms with E-state index in [4.69, 9.17) is 0 Å². The summed E-state index contributed by atoms with van der Waals surface area (Å²) >= 11 is 0. The summed E-state index contributed by atoms with van der Waals surface area (Å²) in [4.78, 5) is 0. The maximum atomic E-state index is 9.95. The second-order valence-corrected chi connectivity index (χ2v) is 4.97. The average Bonchev–Trinajstić information content (AvgIpc) is 2.27. The summed E-state index contributed by atoms with van der Waals surface area (Å²) in [6.07, 6.45) is 0. The van der Waals surface area contributed by atoms with Gasteiger partial charge in [0.15, 0.2) is 0 Å². The summed E-state index contributed by atoms with van der Waals surface area (Å²) in [6, 6.07) is 8.85. The molecule has 0 heterocycles. The smallest absolute Gasteiger partial charge is 0.123 e.